The maximum absolute atomic E-state index is 12.6. The number of nitrogens with zero attached hydrogens (tertiary/aromatic N) is 1. The Morgan fingerprint density at radius 1 is 1.19 bits per heavy atom. The number of ether oxygens (including phenoxy) is 1. The number of carbonyl (C=O) groups excluding carboxylic acids is 1. The van der Waals surface area contributed by atoms with Crippen molar-refractivity contribution in [2.24, 2.45) is 0 Å². The number of carbonyl (C=O) groups is 1. The number of anilines is 1. The molecule has 2 aliphatic rings. The van der Waals surface area contributed by atoms with Crippen LogP contribution in [0.1, 0.15) is 57.9 Å². The first-order valence-electron chi connectivity index (χ1n) is 9.11. The smallest absolute Gasteiger partial charge is 0.410 e. The molecule has 6 nitrogen and oxygen atoms in total. The molecule has 1 aromatic rings. The minimum atomic E-state index is -3.29. The summed E-state index contributed by atoms with van der Waals surface area (Å²) in [6.45, 7) is 5.67. The molecule has 2 heterocycles. The van der Waals surface area contributed by atoms with Crippen molar-refractivity contribution >= 4 is 21.8 Å². The van der Waals surface area contributed by atoms with Crippen molar-refractivity contribution in [1.82, 2.24) is 4.90 Å². The molecule has 2 bridgehead atoms. The van der Waals surface area contributed by atoms with Gasteiger partial charge in [-0.05, 0) is 70.1 Å². The van der Waals surface area contributed by atoms with Gasteiger partial charge < -0.3 is 9.64 Å². The van der Waals surface area contributed by atoms with Gasteiger partial charge in [0, 0.05) is 17.8 Å². The highest BCUT2D eigenvalue weighted by molar-refractivity contribution is 7.92. The van der Waals surface area contributed by atoms with Gasteiger partial charge in [0.25, 0.3) is 0 Å². The Morgan fingerprint density at radius 2 is 1.81 bits per heavy atom. The normalized spacial score (nSPS) is 25.8. The lowest BCUT2D eigenvalue weighted by Gasteiger charge is -2.39. The molecular formula is C19H28N2O4S. The van der Waals surface area contributed by atoms with E-state index in [1.807, 2.05) is 43.9 Å². The monoisotopic (exact) mass is 380 g/mol. The summed E-state index contributed by atoms with van der Waals surface area (Å²) in [5.74, 6) is 0.326. The minimum absolute atomic E-state index is 0.195. The van der Waals surface area contributed by atoms with Crippen molar-refractivity contribution in [1.29, 1.82) is 0 Å². The summed E-state index contributed by atoms with van der Waals surface area (Å²) < 4.78 is 31.1. The highest BCUT2D eigenvalue weighted by atomic mass is 32.2. The van der Waals surface area contributed by atoms with Crippen LogP contribution < -0.4 is 4.72 Å². The number of piperidine rings is 1. The molecule has 1 amide bonds. The Bertz CT molecular complexity index is 771. The summed E-state index contributed by atoms with van der Waals surface area (Å²) in [5, 5.41) is 0. The molecule has 144 valence electrons. The van der Waals surface area contributed by atoms with Crippen LogP contribution in [-0.2, 0) is 14.8 Å². The Morgan fingerprint density at radius 3 is 2.35 bits per heavy atom. The molecule has 0 aromatic heterocycles. The van der Waals surface area contributed by atoms with Gasteiger partial charge in [0.2, 0.25) is 10.0 Å². The van der Waals surface area contributed by atoms with E-state index in [0.717, 1.165) is 37.5 Å². The van der Waals surface area contributed by atoms with Gasteiger partial charge in [0.05, 0.1) is 6.26 Å². The average Bonchev–Trinajstić information content (AvgIpc) is 2.75. The van der Waals surface area contributed by atoms with E-state index < -0.39 is 15.6 Å². The summed E-state index contributed by atoms with van der Waals surface area (Å²) in [7, 11) is -3.29. The van der Waals surface area contributed by atoms with Crippen molar-refractivity contribution in [3.05, 3.63) is 29.8 Å². The number of hydrogen-bond acceptors (Lipinski definition) is 4. The number of rotatable bonds is 3. The van der Waals surface area contributed by atoms with Crippen LogP contribution in [0, 0.1) is 0 Å². The summed E-state index contributed by atoms with van der Waals surface area (Å²) in [6.07, 6.45) is 4.72. The van der Waals surface area contributed by atoms with Crippen LogP contribution in [0.5, 0.6) is 0 Å². The molecule has 3 atom stereocenters. The zero-order valence-corrected chi connectivity index (χ0v) is 16.7. The fourth-order valence-corrected chi connectivity index (χ4v) is 4.69. The van der Waals surface area contributed by atoms with Gasteiger partial charge in [0.15, 0.2) is 0 Å². The first-order chi connectivity index (χ1) is 12.0. The van der Waals surface area contributed by atoms with Crippen molar-refractivity contribution in [3.63, 3.8) is 0 Å². The third kappa shape index (κ3) is 4.50. The second kappa shape index (κ2) is 6.76. The molecule has 1 N–H and O–H groups in total. The molecule has 2 fully saturated rings. The number of sulfonamides is 1. The summed E-state index contributed by atoms with van der Waals surface area (Å²) in [4.78, 5) is 14.5. The first kappa shape index (κ1) is 19.0. The van der Waals surface area contributed by atoms with Crippen LogP contribution in [0.3, 0.4) is 0 Å². The van der Waals surface area contributed by atoms with Gasteiger partial charge in [-0.2, -0.15) is 0 Å². The third-order valence-electron chi connectivity index (χ3n) is 5.00. The molecule has 0 spiro atoms. The zero-order valence-electron chi connectivity index (χ0n) is 15.9. The highest BCUT2D eigenvalue weighted by Gasteiger charge is 2.45. The quantitative estimate of drug-likeness (QED) is 0.867. The maximum atomic E-state index is 12.6. The second-order valence-corrected chi connectivity index (χ2v) is 10.2. The van der Waals surface area contributed by atoms with Gasteiger partial charge in [-0.15, -0.1) is 0 Å². The maximum Gasteiger partial charge on any atom is 0.410 e. The molecule has 2 aliphatic heterocycles. The molecular weight excluding hydrogens is 352 g/mol. The Balaban J connectivity index is 1.73. The highest BCUT2D eigenvalue weighted by Crippen LogP contribution is 2.44. The lowest BCUT2D eigenvalue weighted by Crippen LogP contribution is -2.48. The molecule has 0 unspecified atom stereocenters. The van der Waals surface area contributed by atoms with Crippen LogP contribution in [0.4, 0.5) is 10.5 Å². The van der Waals surface area contributed by atoms with Gasteiger partial charge in [-0.25, -0.2) is 13.2 Å². The zero-order chi connectivity index (χ0) is 19.1. The van der Waals surface area contributed by atoms with Crippen molar-refractivity contribution in [2.45, 2.75) is 70.1 Å². The number of hydrogen-bond donors (Lipinski definition) is 1. The van der Waals surface area contributed by atoms with Crippen molar-refractivity contribution in [3.8, 4) is 0 Å². The number of nitrogens with one attached hydrogen (secondary N) is 1. The van der Waals surface area contributed by atoms with Crippen molar-refractivity contribution < 1.29 is 17.9 Å². The van der Waals surface area contributed by atoms with E-state index in [0.29, 0.717) is 11.6 Å². The lowest BCUT2D eigenvalue weighted by molar-refractivity contribution is 0.00584. The Labute approximate surface area is 156 Å². The summed E-state index contributed by atoms with van der Waals surface area (Å²) in [5.41, 5.74) is 1.23. The van der Waals surface area contributed by atoms with E-state index in [1.54, 1.807) is 6.07 Å². The second-order valence-electron chi connectivity index (χ2n) is 8.44. The predicted octanol–water partition coefficient (Wildman–Crippen LogP) is 3.70. The Kier molecular flexibility index (Phi) is 4.94. The van der Waals surface area contributed by atoms with E-state index in [9.17, 15) is 13.2 Å². The van der Waals surface area contributed by atoms with Gasteiger partial charge in [-0.3, -0.25) is 4.72 Å². The summed E-state index contributed by atoms with van der Waals surface area (Å²) in [6, 6.07) is 7.98. The number of amides is 1. The van der Waals surface area contributed by atoms with E-state index in [2.05, 4.69) is 4.72 Å². The molecule has 0 saturated carbocycles. The molecule has 26 heavy (non-hydrogen) atoms. The molecule has 0 aliphatic carbocycles. The van der Waals surface area contributed by atoms with Crippen LogP contribution in [0.15, 0.2) is 24.3 Å². The van der Waals surface area contributed by atoms with Crippen LogP contribution in [-0.4, -0.2) is 43.4 Å². The van der Waals surface area contributed by atoms with Crippen LogP contribution in [0.25, 0.3) is 0 Å². The lowest BCUT2D eigenvalue weighted by atomic mass is 9.85. The topological polar surface area (TPSA) is 75.7 Å². The molecule has 7 heteroatoms. The predicted molar refractivity (Wildman–Crippen MR) is 102 cm³/mol. The molecule has 2 saturated heterocycles. The Hall–Kier alpha value is -1.76. The van der Waals surface area contributed by atoms with Crippen LogP contribution in [0.2, 0.25) is 0 Å². The third-order valence-corrected chi connectivity index (χ3v) is 5.61. The number of benzene rings is 1. The SMILES string of the molecule is CC(C)(C)OC(=O)N1[C@@H]2CC[C@H]1C[C@@H](c1cccc(NS(C)(=O)=O)c1)C2. The van der Waals surface area contributed by atoms with E-state index in [-0.39, 0.29) is 18.2 Å². The minimum Gasteiger partial charge on any atom is -0.444 e. The van der Waals surface area contributed by atoms with Gasteiger partial charge in [0.1, 0.15) is 5.60 Å². The standard InChI is InChI=1S/C19H28N2O4S/c1-19(2,3)25-18(22)21-16-8-9-17(21)12-14(11-16)13-6-5-7-15(10-13)20-26(4,23)24/h5-7,10,14,16-17,20H,8-9,11-12H2,1-4H3/t14-,16+,17-. The summed E-state index contributed by atoms with van der Waals surface area (Å²) >= 11 is 0. The molecule has 3 rings (SSSR count). The van der Waals surface area contributed by atoms with Gasteiger partial charge in [-0.1, -0.05) is 12.1 Å². The van der Waals surface area contributed by atoms with Crippen molar-refractivity contribution in [2.75, 3.05) is 11.0 Å². The first-order valence-corrected chi connectivity index (χ1v) is 11.0. The largest absolute Gasteiger partial charge is 0.444 e. The fourth-order valence-electron chi connectivity index (χ4n) is 4.13. The van der Waals surface area contributed by atoms with Gasteiger partial charge >= 0.3 is 6.09 Å². The fraction of sp³-hybridized carbons (Fsp3) is 0.632. The van der Waals surface area contributed by atoms with E-state index in [1.165, 1.54) is 0 Å². The van der Waals surface area contributed by atoms with E-state index in [4.69, 9.17) is 4.74 Å². The van der Waals surface area contributed by atoms with E-state index >= 15 is 0 Å². The number of fused-ring (bicyclic) bond motifs is 2. The molecule has 1 aromatic carbocycles. The van der Waals surface area contributed by atoms with Crippen LogP contribution >= 0.6 is 0 Å². The average molecular weight is 381 g/mol. The molecule has 0 radical (unpaired) electrons.